The van der Waals surface area contributed by atoms with Crippen molar-refractivity contribution in [1.82, 2.24) is 4.90 Å². The molecule has 0 aromatic heterocycles. The van der Waals surface area contributed by atoms with Gasteiger partial charge in [-0.15, -0.1) is 0 Å². The van der Waals surface area contributed by atoms with Crippen LogP contribution in [0.5, 0.6) is 0 Å². The van der Waals surface area contributed by atoms with Gasteiger partial charge in [0, 0.05) is 25.2 Å². The molecule has 1 amide bonds. The van der Waals surface area contributed by atoms with E-state index < -0.39 is 0 Å². The molecule has 4 bridgehead atoms. The van der Waals surface area contributed by atoms with Crippen LogP contribution < -0.4 is 0 Å². The molecule has 26 heavy (non-hydrogen) atoms. The predicted octanol–water partition coefficient (Wildman–Crippen LogP) is 4.30. The number of carbonyl (C=O) groups excluding carboxylic acids is 1. The highest BCUT2D eigenvalue weighted by atomic mass is 16.6. The first-order valence-electron chi connectivity index (χ1n) is 9.96. The van der Waals surface area contributed by atoms with Crippen molar-refractivity contribution in [2.45, 2.75) is 57.8 Å². The Morgan fingerprint density at radius 2 is 1.69 bits per heavy atom. The largest absolute Gasteiger partial charge is 0.343 e. The fourth-order valence-corrected chi connectivity index (χ4v) is 6.63. The monoisotopic (exact) mass is 356 g/mol. The summed E-state index contributed by atoms with van der Waals surface area (Å²) < 4.78 is 0. The molecular formula is C21H28N2O3. The first-order chi connectivity index (χ1) is 12.4. The van der Waals surface area contributed by atoms with Crippen LogP contribution in [-0.4, -0.2) is 28.8 Å². The third-order valence-electron chi connectivity index (χ3n) is 7.26. The van der Waals surface area contributed by atoms with Gasteiger partial charge in [0.25, 0.3) is 5.69 Å². The molecule has 0 heterocycles. The number of nitro benzene ring substituents is 1. The number of benzene rings is 1. The molecule has 1 aromatic rings. The van der Waals surface area contributed by atoms with Gasteiger partial charge in [-0.1, -0.05) is 12.1 Å². The molecule has 0 N–H and O–H groups in total. The number of hydrogen-bond acceptors (Lipinski definition) is 3. The average Bonchev–Trinajstić information content (AvgIpc) is 2.61. The molecule has 5 rings (SSSR count). The van der Waals surface area contributed by atoms with Crippen LogP contribution in [0.25, 0.3) is 0 Å². The molecule has 1 aromatic carbocycles. The summed E-state index contributed by atoms with van der Waals surface area (Å²) in [4.78, 5) is 26.1. The van der Waals surface area contributed by atoms with E-state index in [1.807, 2.05) is 17.0 Å². The minimum atomic E-state index is -0.338. The molecule has 4 aliphatic carbocycles. The molecule has 2 atom stereocenters. The SMILES string of the molecule is CCN(CC)C(=O)C12C[C@@H]3C[C@@H](C1)CC(c1ccc([N+](=O)[O-])cc1)(C3)C2. The number of carbonyl (C=O) groups is 1. The lowest BCUT2D eigenvalue weighted by molar-refractivity contribution is -0.384. The van der Waals surface area contributed by atoms with E-state index in [1.54, 1.807) is 12.1 Å². The van der Waals surface area contributed by atoms with Crippen molar-refractivity contribution in [3.8, 4) is 0 Å². The maximum Gasteiger partial charge on any atom is 0.269 e. The quantitative estimate of drug-likeness (QED) is 0.583. The minimum Gasteiger partial charge on any atom is -0.343 e. The van der Waals surface area contributed by atoms with Gasteiger partial charge in [-0.05, 0) is 75.2 Å². The Balaban J connectivity index is 1.70. The van der Waals surface area contributed by atoms with Crippen LogP contribution in [0.3, 0.4) is 0 Å². The molecule has 0 saturated heterocycles. The van der Waals surface area contributed by atoms with Crippen LogP contribution in [0.4, 0.5) is 5.69 Å². The number of rotatable bonds is 5. The third kappa shape index (κ3) is 2.55. The summed E-state index contributed by atoms with van der Waals surface area (Å²) in [5, 5.41) is 11.0. The van der Waals surface area contributed by atoms with E-state index in [4.69, 9.17) is 0 Å². The number of amides is 1. The van der Waals surface area contributed by atoms with Crippen LogP contribution in [0.15, 0.2) is 24.3 Å². The number of non-ortho nitro benzene ring substituents is 1. The zero-order chi connectivity index (χ0) is 18.5. The minimum absolute atomic E-state index is 0.0298. The van der Waals surface area contributed by atoms with Crippen molar-refractivity contribution in [3.63, 3.8) is 0 Å². The highest BCUT2D eigenvalue weighted by molar-refractivity contribution is 5.83. The maximum absolute atomic E-state index is 13.4. The summed E-state index contributed by atoms with van der Waals surface area (Å²) in [7, 11) is 0. The lowest BCUT2D eigenvalue weighted by atomic mass is 9.42. The van der Waals surface area contributed by atoms with Crippen molar-refractivity contribution >= 4 is 11.6 Å². The Kier molecular flexibility index (Phi) is 4.08. The summed E-state index contributed by atoms with van der Waals surface area (Å²) in [5.74, 6) is 1.58. The normalized spacial score (nSPS) is 34.7. The van der Waals surface area contributed by atoms with Gasteiger partial charge < -0.3 is 4.90 Å². The second kappa shape index (κ2) is 6.07. The van der Waals surface area contributed by atoms with Gasteiger partial charge >= 0.3 is 0 Å². The maximum atomic E-state index is 13.4. The predicted molar refractivity (Wildman–Crippen MR) is 99.8 cm³/mol. The van der Waals surface area contributed by atoms with Crippen molar-refractivity contribution in [1.29, 1.82) is 0 Å². The van der Waals surface area contributed by atoms with Gasteiger partial charge in [-0.2, -0.15) is 0 Å². The Labute approximate surface area is 154 Å². The number of nitro groups is 1. The lowest BCUT2D eigenvalue weighted by Gasteiger charge is -2.62. The lowest BCUT2D eigenvalue weighted by Crippen LogP contribution is -2.59. The average molecular weight is 356 g/mol. The van der Waals surface area contributed by atoms with Crippen molar-refractivity contribution < 1.29 is 9.72 Å². The topological polar surface area (TPSA) is 63.5 Å². The molecule has 4 aliphatic rings. The van der Waals surface area contributed by atoms with E-state index in [0.29, 0.717) is 17.7 Å². The molecule has 0 spiro atoms. The highest BCUT2D eigenvalue weighted by Gasteiger charge is 2.61. The summed E-state index contributed by atoms with van der Waals surface area (Å²) in [5.41, 5.74) is 1.17. The van der Waals surface area contributed by atoms with E-state index >= 15 is 0 Å². The zero-order valence-electron chi connectivity index (χ0n) is 15.7. The van der Waals surface area contributed by atoms with E-state index in [9.17, 15) is 14.9 Å². The van der Waals surface area contributed by atoms with Crippen LogP contribution in [0.1, 0.15) is 57.9 Å². The fourth-order valence-electron chi connectivity index (χ4n) is 6.63. The molecule has 0 aliphatic heterocycles. The molecule has 140 valence electrons. The molecule has 5 heteroatoms. The summed E-state index contributed by atoms with van der Waals surface area (Å²) in [6.07, 6.45) is 6.51. The Morgan fingerprint density at radius 1 is 1.12 bits per heavy atom. The van der Waals surface area contributed by atoms with Gasteiger partial charge in [0.05, 0.1) is 10.3 Å². The molecule has 0 unspecified atom stereocenters. The molecule has 0 radical (unpaired) electrons. The Bertz CT molecular complexity index is 709. The summed E-state index contributed by atoms with van der Waals surface area (Å²) >= 11 is 0. The van der Waals surface area contributed by atoms with Gasteiger partial charge in [0.2, 0.25) is 5.91 Å². The molecular weight excluding hydrogens is 328 g/mol. The van der Waals surface area contributed by atoms with Crippen LogP contribution in [0, 0.1) is 27.4 Å². The van der Waals surface area contributed by atoms with Gasteiger partial charge in [-0.3, -0.25) is 14.9 Å². The van der Waals surface area contributed by atoms with Crippen LogP contribution >= 0.6 is 0 Å². The van der Waals surface area contributed by atoms with Crippen molar-refractivity contribution in [2.75, 3.05) is 13.1 Å². The fraction of sp³-hybridized carbons (Fsp3) is 0.667. The first-order valence-corrected chi connectivity index (χ1v) is 9.96. The number of hydrogen-bond donors (Lipinski definition) is 0. The van der Waals surface area contributed by atoms with Gasteiger partial charge in [0.15, 0.2) is 0 Å². The second-order valence-electron chi connectivity index (χ2n) is 8.80. The summed E-state index contributed by atoms with van der Waals surface area (Å²) in [6, 6.07) is 7.15. The Morgan fingerprint density at radius 3 is 2.19 bits per heavy atom. The smallest absolute Gasteiger partial charge is 0.269 e. The first kappa shape index (κ1) is 17.5. The number of nitrogens with zero attached hydrogens (tertiary/aromatic N) is 2. The molecule has 4 saturated carbocycles. The van der Waals surface area contributed by atoms with Crippen molar-refractivity contribution in [3.05, 3.63) is 39.9 Å². The third-order valence-corrected chi connectivity index (χ3v) is 7.26. The van der Waals surface area contributed by atoms with E-state index in [0.717, 1.165) is 45.2 Å². The van der Waals surface area contributed by atoms with Gasteiger partial charge in [-0.25, -0.2) is 0 Å². The summed E-state index contributed by atoms with van der Waals surface area (Å²) in [6.45, 7) is 5.68. The van der Waals surface area contributed by atoms with Crippen molar-refractivity contribution in [2.24, 2.45) is 17.3 Å². The standard InChI is InChI=1S/C21H28N2O3/c1-3-22(4-2)19(24)21-12-15-9-16(13-21)11-20(10-15,14-21)17-5-7-18(8-6-17)23(25)26/h5-8,15-16H,3-4,9-14H2,1-2H3/t15-,16-,20?,21?/m1/s1. The van der Waals surface area contributed by atoms with E-state index in [-0.39, 0.29) is 21.4 Å². The molecule has 5 nitrogen and oxygen atoms in total. The van der Waals surface area contributed by atoms with E-state index in [1.165, 1.54) is 12.0 Å². The highest BCUT2D eigenvalue weighted by Crippen LogP contribution is 2.66. The van der Waals surface area contributed by atoms with Crippen LogP contribution in [0.2, 0.25) is 0 Å². The molecule has 4 fully saturated rings. The van der Waals surface area contributed by atoms with Crippen LogP contribution in [-0.2, 0) is 10.2 Å². The van der Waals surface area contributed by atoms with Gasteiger partial charge in [0.1, 0.15) is 0 Å². The Hall–Kier alpha value is -1.91. The second-order valence-corrected chi connectivity index (χ2v) is 8.80. The zero-order valence-corrected chi connectivity index (χ0v) is 15.7. The van der Waals surface area contributed by atoms with E-state index in [2.05, 4.69) is 13.8 Å².